The van der Waals surface area contributed by atoms with Crippen LogP contribution in [-0.4, -0.2) is 41.0 Å². The van der Waals surface area contributed by atoms with Crippen molar-refractivity contribution < 1.29 is 19.4 Å². The number of aromatic nitrogens is 2. The number of aldehydes is 1. The van der Waals surface area contributed by atoms with Gasteiger partial charge in [0.1, 0.15) is 28.6 Å². The lowest BCUT2D eigenvalue weighted by Gasteiger charge is -2.08. The summed E-state index contributed by atoms with van der Waals surface area (Å²) in [5.41, 5.74) is 5.35. The minimum Gasteiger partial charge on any atom is -0.504 e. The number of fused-ring (bicyclic) bond motifs is 1. The standard InChI is InChI=1S/C23H20N4O4S/c1-3-31-17-7-5-4-6-16(17)20-19(29)18-21(32-20)22(25-13-24-18)26-27-23(30-2)15-10-8-14(12-28)9-11-15/h4-13,29H,3H2,1-2H3,(H,24,25,26). The second-order valence-corrected chi connectivity index (χ2v) is 7.60. The fourth-order valence-corrected chi connectivity index (χ4v) is 4.25. The molecule has 0 atom stereocenters. The fourth-order valence-electron chi connectivity index (χ4n) is 3.13. The molecule has 0 bridgehead atoms. The van der Waals surface area contributed by atoms with Crippen LogP contribution in [0.3, 0.4) is 0 Å². The number of aromatic hydroxyl groups is 1. The van der Waals surface area contributed by atoms with Crippen LogP contribution in [0.5, 0.6) is 11.5 Å². The first-order valence-electron chi connectivity index (χ1n) is 9.78. The number of hydrogen-bond donors (Lipinski definition) is 2. The van der Waals surface area contributed by atoms with Crippen LogP contribution < -0.4 is 10.2 Å². The van der Waals surface area contributed by atoms with Gasteiger partial charge in [0.05, 0.1) is 18.6 Å². The van der Waals surface area contributed by atoms with Crippen molar-refractivity contribution >= 4 is 39.6 Å². The Hall–Kier alpha value is -3.98. The summed E-state index contributed by atoms with van der Waals surface area (Å²) in [7, 11) is 1.50. The number of methoxy groups -OCH3 is 1. The first-order valence-corrected chi connectivity index (χ1v) is 10.6. The Balaban J connectivity index is 1.72. The number of benzene rings is 2. The average molecular weight is 449 g/mol. The zero-order chi connectivity index (χ0) is 22.5. The predicted octanol–water partition coefficient (Wildman–Crippen LogP) is 4.70. The maximum absolute atomic E-state index is 10.9. The summed E-state index contributed by atoms with van der Waals surface area (Å²) < 4.78 is 11.7. The number of rotatable bonds is 7. The van der Waals surface area contributed by atoms with Crippen LogP contribution in [0.4, 0.5) is 5.82 Å². The van der Waals surface area contributed by atoms with Gasteiger partial charge >= 0.3 is 0 Å². The fraction of sp³-hybridized carbons (Fsp3) is 0.130. The second-order valence-electron chi connectivity index (χ2n) is 6.58. The number of hydrogen-bond acceptors (Lipinski definition) is 9. The van der Waals surface area contributed by atoms with Crippen LogP contribution in [0.2, 0.25) is 0 Å². The molecule has 9 heteroatoms. The van der Waals surface area contributed by atoms with Crippen molar-refractivity contribution in [3.8, 4) is 21.9 Å². The minimum atomic E-state index is 0.0583. The summed E-state index contributed by atoms with van der Waals surface area (Å²) in [4.78, 5) is 20.0. The summed E-state index contributed by atoms with van der Waals surface area (Å²) in [5, 5.41) is 15.2. The summed E-state index contributed by atoms with van der Waals surface area (Å²) in [6, 6.07) is 14.4. The molecule has 0 fully saturated rings. The van der Waals surface area contributed by atoms with E-state index in [2.05, 4.69) is 20.5 Å². The van der Waals surface area contributed by atoms with Crippen LogP contribution >= 0.6 is 11.3 Å². The minimum absolute atomic E-state index is 0.0583. The molecule has 2 aromatic heterocycles. The normalized spacial score (nSPS) is 11.4. The Kier molecular flexibility index (Phi) is 6.27. The molecule has 32 heavy (non-hydrogen) atoms. The lowest BCUT2D eigenvalue weighted by atomic mass is 10.1. The van der Waals surface area contributed by atoms with E-state index >= 15 is 0 Å². The zero-order valence-electron chi connectivity index (χ0n) is 17.4. The number of para-hydroxylation sites is 1. The molecular weight excluding hydrogens is 428 g/mol. The molecule has 0 aliphatic heterocycles. The van der Waals surface area contributed by atoms with Crippen LogP contribution in [0, 0.1) is 0 Å². The van der Waals surface area contributed by atoms with Gasteiger partial charge in [-0.3, -0.25) is 10.2 Å². The van der Waals surface area contributed by atoms with E-state index in [-0.39, 0.29) is 5.75 Å². The van der Waals surface area contributed by atoms with Gasteiger partial charge in [-0.15, -0.1) is 16.4 Å². The van der Waals surface area contributed by atoms with Crippen molar-refractivity contribution in [1.82, 2.24) is 9.97 Å². The lowest BCUT2D eigenvalue weighted by molar-refractivity contribution is 0.112. The van der Waals surface area contributed by atoms with Crippen molar-refractivity contribution in [2.45, 2.75) is 6.92 Å². The SMILES string of the molecule is CCOc1ccccc1-c1sc2c(NN=C(OC)c3ccc(C=O)cc3)ncnc2c1O. The highest BCUT2D eigenvalue weighted by Crippen LogP contribution is 2.47. The molecule has 0 aliphatic carbocycles. The molecule has 162 valence electrons. The number of thiophene rings is 1. The topological polar surface area (TPSA) is 106 Å². The van der Waals surface area contributed by atoms with Gasteiger partial charge in [-0.05, 0) is 31.2 Å². The number of ether oxygens (including phenoxy) is 2. The van der Waals surface area contributed by atoms with Crippen molar-refractivity contribution in [3.05, 3.63) is 66.0 Å². The highest BCUT2D eigenvalue weighted by molar-refractivity contribution is 7.23. The average Bonchev–Trinajstić information content (AvgIpc) is 3.17. The van der Waals surface area contributed by atoms with E-state index in [4.69, 9.17) is 9.47 Å². The van der Waals surface area contributed by atoms with Crippen molar-refractivity contribution in [2.75, 3.05) is 19.1 Å². The molecule has 0 amide bonds. The van der Waals surface area contributed by atoms with E-state index in [0.717, 1.165) is 11.8 Å². The Morgan fingerprint density at radius 3 is 2.69 bits per heavy atom. The first kappa shape index (κ1) is 21.3. The van der Waals surface area contributed by atoms with E-state index in [9.17, 15) is 9.90 Å². The largest absolute Gasteiger partial charge is 0.504 e. The van der Waals surface area contributed by atoms with Gasteiger partial charge in [0.25, 0.3) is 0 Å². The molecule has 4 aromatic rings. The molecule has 4 rings (SSSR count). The van der Waals surface area contributed by atoms with E-state index in [1.807, 2.05) is 31.2 Å². The van der Waals surface area contributed by atoms with Gasteiger partial charge in [-0.25, -0.2) is 9.97 Å². The Bertz CT molecular complexity index is 1290. The summed E-state index contributed by atoms with van der Waals surface area (Å²) >= 11 is 1.34. The number of anilines is 1. The molecule has 2 N–H and O–H groups in total. The number of hydrazone groups is 1. The maximum atomic E-state index is 10.9. The molecular formula is C23H20N4O4S. The van der Waals surface area contributed by atoms with Crippen LogP contribution in [-0.2, 0) is 4.74 Å². The Morgan fingerprint density at radius 1 is 1.19 bits per heavy atom. The molecule has 8 nitrogen and oxygen atoms in total. The van der Waals surface area contributed by atoms with E-state index in [0.29, 0.717) is 50.3 Å². The summed E-state index contributed by atoms with van der Waals surface area (Å²) in [6.45, 7) is 2.42. The highest BCUT2D eigenvalue weighted by Gasteiger charge is 2.20. The van der Waals surface area contributed by atoms with Crippen LogP contribution in [0.15, 0.2) is 60.0 Å². The molecule has 0 saturated heterocycles. The van der Waals surface area contributed by atoms with Gasteiger partial charge < -0.3 is 14.6 Å². The zero-order valence-corrected chi connectivity index (χ0v) is 18.2. The molecule has 0 aliphatic rings. The quantitative estimate of drug-likeness (QED) is 0.183. The molecule has 2 heterocycles. The van der Waals surface area contributed by atoms with Crippen molar-refractivity contribution in [3.63, 3.8) is 0 Å². The van der Waals surface area contributed by atoms with Gasteiger partial charge in [0.15, 0.2) is 11.6 Å². The van der Waals surface area contributed by atoms with Gasteiger partial charge in [-0.2, -0.15) is 0 Å². The smallest absolute Gasteiger partial charge is 0.238 e. The second kappa shape index (κ2) is 9.44. The number of carbonyl (C=O) groups is 1. The monoisotopic (exact) mass is 448 g/mol. The van der Waals surface area contributed by atoms with E-state index in [1.165, 1.54) is 24.8 Å². The van der Waals surface area contributed by atoms with Crippen LogP contribution in [0.1, 0.15) is 22.8 Å². The van der Waals surface area contributed by atoms with Crippen molar-refractivity contribution in [1.29, 1.82) is 0 Å². The van der Waals surface area contributed by atoms with Crippen LogP contribution in [0.25, 0.3) is 20.7 Å². The van der Waals surface area contributed by atoms with Crippen molar-refractivity contribution in [2.24, 2.45) is 5.10 Å². The lowest BCUT2D eigenvalue weighted by Crippen LogP contribution is -2.07. The predicted molar refractivity (Wildman–Crippen MR) is 125 cm³/mol. The number of nitrogens with zero attached hydrogens (tertiary/aromatic N) is 3. The van der Waals surface area contributed by atoms with E-state index < -0.39 is 0 Å². The third-order valence-corrected chi connectivity index (χ3v) is 5.84. The third kappa shape index (κ3) is 4.10. The highest BCUT2D eigenvalue weighted by atomic mass is 32.1. The first-order chi connectivity index (χ1) is 15.7. The molecule has 2 aromatic carbocycles. The summed E-state index contributed by atoms with van der Waals surface area (Å²) in [5.74, 6) is 1.48. The molecule has 0 unspecified atom stereocenters. The summed E-state index contributed by atoms with van der Waals surface area (Å²) in [6.07, 6.45) is 2.13. The van der Waals surface area contributed by atoms with Gasteiger partial charge in [0.2, 0.25) is 5.90 Å². The Morgan fingerprint density at radius 2 is 1.97 bits per heavy atom. The molecule has 0 spiro atoms. The van der Waals surface area contributed by atoms with Gasteiger partial charge in [-0.1, -0.05) is 24.3 Å². The number of nitrogens with one attached hydrogen (secondary N) is 1. The maximum Gasteiger partial charge on any atom is 0.238 e. The Labute approximate surface area is 188 Å². The van der Waals surface area contributed by atoms with Gasteiger partial charge in [0, 0.05) is 16.7 Å². The number of carbonyl (C=O) groups excluding carboxylic acids is 1. The van der Waals surface area contributed by atoms with E-state index in [1.54, 1.807) is 24.3 Å². The molecule has 0 saturated carbocycles. The molecule has 0 radical (unpaired) electrons. The third-order valence-electron chi connectivity index (χ3n) is 4.63.